The van der Waals surface area contributed by atoms with Crippen LogP contribution >= 0.6 is 0 Å². The lowest BCUT2D eigenvalue weighted by molar-refractivity contribution is 0.0496. The standard InChI is InChI=1S/C30H27N3O7S/c1-30(2,3)40-29(35)32-24-17-39-27-22(24)10-11-25-23(27)15-26(33(25)41(36,37)21-8-6-5-7-9-21)19-12-18(16-31)13-20(14-19)28(34)38-4/h5-15,24H,17H2,1-4H3,(H,32,35). The van der Waals surface area contributed by atoms with Crippen molar-refractivity contribution in [1.82, 2.24) is 9.29 Å². The first-order valence-electron chi connectivity index (χ1n) is 12.7. The molecule has 5 rings (SSSR count). The van der Waals surface area contributed by atoms with Crippen LogP contribution in [0.4, 0.5) is 4.79 Å². The smallest absolute Gasteiger partial charge is 0.408 e. The number of nitrogens with zero attached hydrogens (tertiary/aromatic N) is 2. The number of hydrogen-bond donors (Lipinski definition) is 1. The fraction of sp³-hybridized carbons (Fsp3) is 0.233. The van der Waals surface area contributed by atoms with Crippen molar-refractivity contribution in [2.75, 3.05) is 13.7 Å². The SMILES string of the molecule is COC(=O)c1cc(C#N)cc(-c2cc3c4c(ccc3n2S(=O)(=O)c2ccccc2)C(NC(=O)OC(C)(C)C)CO4)c1. The van der Waals surface area contributed by atoms with Gasteiger partial charge in [-0.25, -0.2) is 22.0 Å². The molecule has 41 heavy (non-hydrogen) atoms. The van der Waals surface area contributed by atoms with E-state index in [0.717, 1.165) is 0 Å². The van der Waals surface area contributed by atoms with Crippen molar-refractivity contribution >= 4 is 33.0 Å². The Morgan fingerprint density at radius 2 is 1.80 bits per heavy atom. The molecule has 3 aromatic carbocycles. The minimum Gasteiger partial charge on any atom is -0.490 e. The van der Waals surface area contributed by atoms with Crippen molar-refractivity contribution < 1.29 is 32.2 Å². The van der Waals surface area contributed by atoms with Crippen molar-refractivity contribution in [3.8, 4) is 23.1 Å². The number of amides is 1. The maximum Gasteiger partial charge on any atom is 0.408 e. The molecule has 1 amide bonds. The topological polar surface area (TPSA) is 137 Å². The van der Waals surface area contributed by atoms with Crippen LogP contribution in [-0.4, -0.2) is 43.8 Å². The van der Waals surface area contributed by atoms with E-state index in [-0.39, 0.29) is 28.3 Å². The van der Waals surface area contributed by atoms with Crippen LogP contribution in [0.3, 0.4) is 0 Å². The van der Waals surface area contributed by atoms with Gasteiger partial charge in [0, 0.05) is 16.5 Å². The second-order valence-electron chi connectivity index (χ2n) is 10.4. The molecular weight excluding hydrogens is 546 g/mol. The predicted molar refractivity (Wildman–Crippen MR) is 150 cm³/mol. The van der Waals surface area contributed by atoms with Crippen molar-refractivity contribution in [1.29, 1.82) is 5.26 Å². The summed E-state index contributed by atoms with van der Waals surface area (Å²) in [4.78, 5) is 24.9. The van der Waals surface area contributed by atoms with Gasteiger partial charge in [0.15, 0.2) is 0 Å². The van der Waals surface area contributed by atoms with Gasteiger partial charge < -0.3 is 19.5 Å². The first-order chi connectivity index (χ1) is 19.4. The molecule has 0 radical (unpaired) electrons. The van der Waals surface area contributed by atoms with Gasteiger partial charge in [-0.3, -0.25) is 0 Å². The summed E-state index contributed by atoms with van der Waals surface area (Å²) in [6.45, 7) is 5.41. The third-order valence-electron chi connectivity index (χ3n) is 6.44. The van der Waals surface area contributed by atoms with Gasteiger partial charge >= 0.3 is 12.1 Å². The lowest BCUT2D eigenvalue weighted by atomic mass is 10.0. The molecule has 1 aromatic heterocycles. The molecule has 0 fully saturated rings. The van der Waals surface area contributed by atoms with Crippen LogP contribution in [0.25, 0.3) is 22.2 Å². The number of nitrogens with one attached hydrogen (secondary N) is 1. The zero-order valence-corrected chi connectivity index (χ0v) is 23.6. The Morgan fingerprint density at radius 1 is 1.07 bits per heavy atom. The molecule has 0 saturated heterocycles. The number of aromatic nitrogens is 1. The molecular formula is C30H27N3O7S. The Bertz CT molecular complexity index is 1830. The van der Waals surface area contributed by atoms with E-state index >= 15 is 0 Å². The average molecular weight is 574 g/mol. The molecule has 1 unspecified atom stereocenters. The zero-order chi connectivity index (χ0) is 29.5. The molecule has 2 heterocycles. The Balaban J connectivity index is 1.73. The molecule has 0 bridgehead atoms. The fourth-order valence-electron chi connectivity index (χ4n) is 4.74. The highest BCUT2D eigenvalue weighted by atomic mass is 32.2. The van der Waals surface area contributed by atoms with Gasteiger partial charge in [-0.2, -0.15) is 5.26 Å². The maximum absolute atomic E-state index is 14.1. The number of rotatable bonds is 5. The fourth-order valence-corrected chi connectivity index (χ4v) is 6.29. The maximum atomic E-state index is 14.1. The number of carbonyl (C=O) groups excluding carboxylic acids is 2. The largest absolute Gasteiger partial charge is 0.490 e. The van der Waals surface area contributed by atoms with Crippen LogP contribution in [0.2, 0.25) is 0 Å². The average Bonchev–Trinajstić information content (AvgIpc) is 3.53. The molecule has 1 N–H and O–H groups in total. The molecule has 4 aromatic rings. The predicted octanol–water partition coefficient (Wildman–Crippen LogP) is 5.16. The second-order valence-corrected chi connectivity index (χ2v) is 12.2. The normalized spacial score (nSPS) is 14.6. The lowest BCUT2D eigenvalue weighted by Crippen LogP contribution is -2.35. The monoisotopic (exact) mass is 573 g/mol. The van der Waals surface area contributed by atoms with Crippen LogP contribution in [0, 0.1) is 11.3 Å². The van der Waals surface area contributed by atoms with Gasteiger partial charge in [0.1, 0.15) is 18.0 Å². The van der Waals surface area contributed by atoms with Gasteiger partial charge in [-0.1, -0.05) is 24.3 Å². The molecule has 1 aliphatic heterocycles. The first kappa shape index (κ1) is 27.7. The summed E-state index contributed by atoms with van der Waals surface area (Å²) in [7, 11) is -2.93. The van der Waals surface area contributed by atoms with E-state index in [4.69, 9.17) is 14.2 Å². The number of esters is 1. The number of ether oxygens (including phenoxy) is 3. The number of benzene rings is 3. The number of alkyl carbamates (subject to hydrolysis) is 1. The van der Waals surface area contributed by atoms with Gasteiger partial charge in [0.05, 0.1) is 46.5 Å². The van der Waals surface area contributed by atoms with Crippen LogP contribution in [0.5, 0.6) is 5.75 Å². The quantitative estimate of drug-likeness (QED) is 0.323. The van der Waals surface area contributed by atoms with Crippen LogP contribution < -0.4 is 10.1 Å². The Morgan fingerprint density at radius 3 is 2.46 bits per heavy atom. The number of carbonyl (C=O) groups is 2. The Kier molecular flexibility index (Phi) is 6.97. The van der Waals surface area contributed by atoms with E-state index in [2.05, 4.69) is 5.32 Å². The molecule has 1 atom stereocenters. The molecule has 0 aliphatic carbocycles. The van der Waals surface area contributed by atoms with E-state index in [9.17, 15) is 23.3 Å². The highest BCUT2D eigenvalue weighted by molar-refractivity contribution is 7.90. The molecule has 210 valence electrons. The van der Waals surface area contributed by atoms with E-state index < -0.39 is 33.7 Å². The lowest BCUT2D eigenvalue weighted by Gasteiger charge is -2.21. The highest BCUT2D eigenvalue weighted by Gasteiger charge is 2.32. The summed E-state index contributed by atoms with van der Waals surface area (Å²) in [5, 5.41) is 12.9. The third kappa shape index (κ3) is 5.21. The molecule has 10 nitrogen and oxygen atoms in total. The first-order valence-corrected chi connectivity index (χ1v) is 14.1. The van der Waals surface area contributed by atoms with Gasteiger partial charge in [-0.05, 0) is 63.2 Å². The van der Waals surface area contributed by atoms with Gasteiger partial charge in [-0.15, -0.1) is 0 Å². The van der Waals surface area contributed by atoms with E-state index in [1.807, 2.05) is 6.07 Å². The van der Waals surface area contributed by atoms with Crippen molar-refractivity contribution in [2.24, 2.45) is 0 Å². The Hall–Kier alpha value is -4.82. The van der Waals surface area contributed by atoms with E-state index in [1.54, 1.807) is 57.2 Å². The van der Waals surface area contributed by atoms with Gasteiger partial charge in [0.25, 0.3) is 10.0 Å². The summed E-state index contributed by atoms with van der Waals surface area (Å²) in [6, 6.07) is 18.8. The minimum absolute atomic E-state index is 0.0502. The highest BCUT2D eigenvalue weighted by Crippen LogP contribution is 2.43. The number of fused-ring (bicyclic) bond motifs is 3. The zero-order valence-electron chi connectivity index (χ0n) is 22.8. The molecule has 0 spiro atoms. The van der Waals surface area contributed by atoms with Crippen molar-refractivity contribution in [3.05, 3.63) is 83.4 Å². The number of methoxy groups -OCH3 is 1. The third-order valence-corrected chi connectivity index (χ3v) is 8.19. The summed E-state index contributed by atoms with van der Waals surface area (Å²) in [5.41, 5.74) is 1.07. The van der Waals surface area contributed by atoms with Crippen LogP contribution in [-0.2, 0) is 19.5 Å². The summed E-state index contributed by atoms with van der Waals surface area (Å²) in [6.07, 6.45) is -0.604. The Labute approximate surface area is 237 Å². The number of nitriles is 1. The van der Waals surface area contributed by atoms with E-state index in [1.165, 1.54) is 41.4 Å². The summed E-state index contributed by atoms with van der Waals surface area (Å²) >= 11 is 0. The molecule has 1 aliphatic rings. The van der Waals surface area contributed by atoms with Crippen LogP contribution in [0.15, 0.2) is 71.6 Å². The van der Waals surface area contributed by atoms with E-state index in [0.29, 0.717) is 27.8 Å². The minimum atomic E-state index is -4.16. The summed E-state index contributed by atoms with van der Waals surface area (Å²) < 4.78 is 45.5. The molecule has 0 saturated carbocycles. The summed E-state index contributed by atoms with van der Waals surface area (Å²) in [5.74, 6) is -0.256. The van der Waals surface area contributed by atoms with Crippen LogP contribution in [0.1, 0.15) is 48.3 Å². The van der Waals surface area contributed by atoms with Gasteiger partial charge in [0.2, 0.25) is 0 Å². The number of hydrogen-bond acceptors (Lipinski definition) is 8. The van der Waals surface area contributed by atoms with Crippen molar-refractivity contribution in [3.63, 3.8) is 0 Å². The second kappa shape index (κ2) is 10.3. The van der Waals surface area contributed by atoms with Crippen molar-refractivity contribution in [2.45, 2.75) is 37.3 Å². The molecule has 11 heteroatoms.